The second-order valence-corrected chi connectivity index (χ2v) is 4.06. The molecule has 94 valence electrons. The largest absolute Gasteiger partial charge is 0.478 e. The molecule has 0 aliphatic carbocycles. The van der Waals surface area contributed by atoms with Crippen LogP contribution in [0.25, 0.3) is 0 Å². The predicted molar refractivity (Wildman–Crippen MR) is 66.7 cm³/mol. The topological polar surface area (TPSA) is 75.4 Å². The van der Waals surface area contributed by atoms with Crippen LogP contribution in [-0.4, -0.2) is 16.1 Å². The second-order valence-electron chi connectivity index (χ2n) is 4.06. The van der Waals surface area contributed by atoms with Gasteiger partial charge < -0.3 is 14.8 Å². The first-order valence-electron chi connectivity index (χ1n) is 5.58. The van der Waals surface area contributed by atoms with Crippen LogP contribution < -0.4 is 5.32 Å². The number of carbonyl (C=O) groups is 1. The number of aromatic nitrogens is 1. The van der Waals surface area contributed by atoms with Crippen molar-refractivity contribution < 1.29 is 14.3 Å². The van der Waals surface area contributed by atoms with Crippen molar-refractivity contribution in [1.82, 2.24) is 4.98 Å². The zero-order valence-electron chi connectivity index (χ0n) is 10.2. The Hall–Kier alpha value is -2.30. The first-order chi connectivity index (χ1) is 8.58. The number of aromatic carboxylic acids is 1. The highest BCUT2D eigenvalue weighted by atomic mass is 16.4. The zero-order chi connectivity index (χ0) is 13.1. The Labute approximate surface area is 104 Å². The Balaban J connectivity index is 2.28. The van der Waals surface area contributed by atoms with Crippen molar-refractivity contribution in [2.75, 3.05) is 5.32 Å². The van der Waals surface area contributed by atoms with E-state index in [2.05, 4.69) is 10.3 Å². The number of rotatable bonds is 4. The quantitative estimate of drug-likeness (QED) is 0.867. The van der Waals surface area contributed by atoms with Crippen molar-refractivity contribution in [3.63, 3.8) is 0 Å². The van der Waals surface area contributed by atoms with E-state index in [9.17, 15) is 4.79 Å². The molecule has 0 aliphatic heterocycles. The summed E-state index contributed by atoms with van der Waals surface area (Å²) >= 11 is 0. The molecule has 0 spiro atoms. The normalized spacial score (nSPS) is 12.1. The molecule has 0 amide bonds. The summed E-state index contributed by atoms with van der Waals surface area (Å²) in [4.78, 5) is 15.1. The van der Waals surface area contributed by atoms with Crippen LogP contribution in [0.5, 0.6) is 0 Å². The SMILES string of the molecule is Cc1cc(NC(C)c2ccco2)c(C(=O)O)cn1. The number of hydrogen-bond donors (Lipinski definition) is 2. The lowest BCUT2D eigenvalue weighted by molar-refractivity contribution is 0.0697. The molecule has 0 radical (unpaired) electrons. The van der Waals surface area contributed by atoms with E-state index in [-0.39, 0.29) is 11.6 Å². The van der Waals surface area contributed by atoms with Gasteiger partial charge in [-0.2, -0.15) is 0 Å². The van der Waals surface area contributed by atoms with Crippen molar-refractivity contribution in [3.05, 3.63) is 47.7 Å². The summed E-state index contributed by atoms with van der Waals surface area (Å²) in [5.41, 5.74) is 1.45. The van der Waals surface area contributed by atoms with Crippen LogP contribution in [0, 0.1) is 6.92 Å². The molecule has 2 heterocycles. The first kappa shape index (κ1) is 12.2. The lowest BCUT2D eigenvalue weighted by atomic mass is 10.1. The van der Waals surface area contributed by atoms with Crippen LogP contribution in [0.15, 0.2) is 35.1 Å². The van der Waals surface area contributed by atoms with E-state index in [1.54, 1.807) is 18.4 Å². The van der Waals surface area contributed by atoms with Gasteiger partial charge >= 0.3 is 5.97 Å². The van der Waals surface area contributed by atoms with Crippen LogP contribution in [0.4, 0.5) is 5.69 Å². The van der Waals surface area contributed by atoms with Crippen LogP contribution in [0.2, 0.25) is 0 Å². The summed E-state index contributed by atoms with van der Waals surface area (Å²) in [7, 11) is 0. The summed E-state index contributed by atoms with van der Waals surface area (Å²) < 4.78 is 5.27. The molecule has 5 nitrogen and oxygen atoms in total. The maximum Gasteiger partial charge on any atom is 0.339 e. The summed E-state index contributed by atoms with van der Waals surface area (Å²) in [6.07, 6.45) is 2.94. The van der Waals surface area contributed by atoms with Crippen molar-refractivity contribution in [3.8, 4) is 0 Å². The third-order valence-electron chi connectivity index (χ3n) is 2.61. The van der Waals surface area contributed by atoms with Crippen molar-refractivity contribution in [1.29, 1.82) is 0 Å². The Morgan fingerprint density at radius 1 is 1.56 bits per heavy atom. The van der Waals surface area contributed by atoms with Gasteiger partial charge in [0.2, 0.25) is 0 Å². The number of nitrogens with zero attached hydrogens (tertiary/aromatic N) is 1. The third-order valence-corrected chi connectivity index (χ3v) is 2.61. The fourth-order valence-electron chi connectivity index (χ4n) is 1.69. The molecule has 1 atom stereocenters. The minimum atomic E-state index is -1.00. The fraction of sp³-hybridized carbons (Fsp3) is 0.231. The van der Waals surface area contributed by atoms with Gasteiger partial charge in [-0.05, 0) is 32.0 Å². The van der Waals surface area contributed by atoms with E-state index in [1.807, 2.05) is 19.9 Å². The molecule has 0 bridgehead atoms. The number of furan rings is 1. The number of carboxylic acid groups (broad SMARTS) is 1. The molecule has 0 saturated carbocycles. The van der Waals surface area contributed by atoms with Crippen LogP contribution in [0.3, 0.4) is 0 Å². The highest BCUT2D eigenvalue weighted by Crippen LogP contribution is 2.23. The Kier molecular flexibility index (Phi) is 3.32. The molecule has 0 fully saturated rings. The zero-order valence-corrected chi connectivity index (χ0v) is 10.2. The summed E-state index contributed by atoms with van der Waals surface area (Å²) in [5.74, 6) is -0.252. The predicted octanol–water partition coefficient (Wildman–Crippen LogP) is 2.85. The number of pyridine rings is 1. The van der Waals surface area contributed by atoms with E-state index >= 15 is 0 Å². The molecule has 2 N–H and O–H groups in total. The first-order valence-corrected chi connectivity index (χ1v) is 5.58. The molecule has 2 rings (SSSR count). The number of nitrogens with one attached hydrogen (secondary N) is 1. The Bertz CT molecular complexity index is 549. The molecule has 0 aliphatic rings. The van der Waals surface area contributed by atoms with Gasteiger partial charge in [-0.3, -0.25) is 4.98 Å². The van der Waals surface area contributed by atoms with Crippen LogP contribution in [-0.2, 0) is 0 Å². The lowest BCUT2D eigenvalue weighted by Gasteiger charge is -2.15. The van der Waals surface area contributed by atoms with E-state index in [1.165, 1.54) is 6.20 Å². The van der Waals surface area contributed by atoms with Gasteiger partial charge in [0.1, 0.15) is 11.3 Å². The van der Waals surface area contributed by atoms with E-state index in [0.29, 0.717) is 5.69 Å². The highest BCUT2D eigenvalue weighted by Gasteiger charge is 2.15. The standard InChI is InChI=1S/C13H14N2O3/c1-8-6-11(10(7-14-8)13(16)17)15-9(2)12-4-3-5-18-12/h3-7,9H,1-2H3,(H,14,15)(H,16,17). The van der Waals surface area contributed by atoms with Crippen LogP contribution in [0.1, 0.15) is 34.8 Å². The molecule has 0 aromatic carbocycles. The molecule has 2 aromatic heterocycles. The monoisotopic (exact) mass is 246 g/mol. The minimum absolute atomic E-state index is 0.111. The third kappa shape index (κ3) is 2.51. The Morgan fingerprint density at radius 3 is 2.94 bits per heavy atom. The molecule has 2 aromatic rings. The number of hydrogen-bond acceptors (Lipinski definition) is 4. The molecule has 1 unspecified atom stereocenters. The summed E-state index contributed by atoms with van der Waals surface area (Å²) in [6.45, 7) is 3.72. The number of aryl methyl sites for hydroxylation is 1. The van der Waals surface area contributed by atoms with Gasteiger partial charge in [0.25, 0.3) is 0 Å². The smallest absolute Gasteiger partial charge is 0.339 e. The molecular formula is C13H14N2O3. The average molecular weight is 246 g/mol. The van der Waals surface area contributed by atoms with Crippen LogP contribution >= 0.6 is 0 Å². The van der Waals surface area contributed by atoms with Gasteiger partial charge in [0.15, 0.2) is 0 Å². The summed E-state index contributed by atoms with van der Waals surface area (Å²) in [6, 6.07) is 5.23. The van der Waals surface area contributed by atoms with E-state index in [0.717, 1.165) is 11.5 Å². The fourth-order valence-corrected chi connectivity index (χ4v) is 1.69. The average Bonchev–Trinajstić information content (AvgIpc) is 2.81. The highest BCUT2D eigenvalue weighted by molar-refractivity contribution is 5.93. The van der Waals surface area contributed by atoms with Gasteiger partial charge in [-0.1, -0.05) is 0 Å². The molecular weight excluding hydrogens is 232 g/mol. The Morgan fingerprint density at radius 2 is 2.33 bits per heavy atom. The maximum absolute atomic E-state index is 11.1. The number of anilines is 1. The van der Waals surface area contributed by atoms with Gasteiger partial charge in [-0.15, -0.1) is 0 Å². The second kappa shape index (κ2) is 4.91. The summed E-state index contributed by atoms with van der Waals surface area (Å²) in [5, 5.41) is 12.2. The van der Waals surface area contributed by atoms with Gasteiger partial charge in [0, 0.05) is 11.9 Å². The minimum Gasteiger partial charge on any atom is -0.478 e. The van der Waals surface area contributed by atoms with Gasteiger partial charge in [0.05, 0.1) is 18.0 Å². The number of carboxylic acids is 1. The van der Waals surface area contributed by atoms with Crippen molar-refractivity contribution in [2.45, 2.75) is 19.9 Å². The molecule has 5 heteroatoms. The lowest BCUT2D eigenvalue weighted by Crippen LogP contribution is -2.11. The maximum atomic E-state index is 11.1. The van der Waals surface area contributed by atoms with E-state index in [4.69, 9.17) is 9.52 Å². The molecule has 18 heavy (non-hydrogen) atoms. The van der Waals surface area contributed by atoms with E-state index < -0.39 is 5.97 Å². The van der Waals surface area contributed by atoms with Gasteiger partial charge in [-0.25, -0.2) is 4.79 Å². The molecule has 0 saturated heterocycles. The van der Waals surface area contributed by atoms with Crippen molar-refractivity contribution in [2.24, 2.45) is 0 Å². The van der Waals surface area contributed by atoms with Crippen molar-refractivity contribution >= 4 is 11.7 Å².